The Kier molecular flexibility index (Phi) is 4.60. The molecule has 0 bridgehead atoms. The van der Waals surface area contributed by atoms with Crippen molar-refractivity contribution in [3.8, 4) is 0 Å². The van der Waals surface area contributed by atoms with Gasteiger partial charge in [-0.25, -0.2) is 24.2 Å². The summed E-state index contributed by atoms with van der Waals surface area (Å²) in [5.74, 6) is 4.16. The van der Waals surface area contributed by atoms with Crippen molar-refractivity contribution in [2.75, 3.05) is 0 Å². The van der Waals surface area contributed by atoms with Gasteiger partial charge < -0.3 is 19.6 Å². The Balaban J connectivity index is 4.60. The van der Waals surface area contributed by atoms with Gasteiger partial charge in [0.2, 0.25) is 0 Å². The van der Waals surface area contributed by atoms with E-state index in [0.717, 1.165) is 0 Å². The molecule has 0 radical (unpaired) electrons. The number of phosphoric acid groups is 3. The fourth-order valence-electron chi connectivity index (χ4n) is 0.299. The first-order valence-corrected chi connectivity index (χ1v) is 7.02. The highest BCUT2D eigenvalue weighted by Gasteiger charge is 2.40. The molecule has 86 valence electrons. The van der Waals surface area contributed by atoms with Crippen LogP contribution in [-0.4, -0.2) is 19.6 Å². The quantitative estimate of drug-likeness (QED) is 0.311. The highest BCUT2D eigenvalue weighted by molar-refractivity contribution is 7.66. The van der Waals surface area contributed by atoms with Crippen LogP contribution in [0.5, 0.6) is 0 Å². The Morgan fingerprint density at radius 3 is 1.57 bits per heavy atom. The molecule has 0 heterocycles. The third kappa shape index (κ3) is 6.77. The summed E-state index contributed by atoms with van der Waals surface area (Å²) in [5, 5.41) is 0. The summed E-state index contributed by atoms with van der Waals surface area (Å²) < 4.78 is 40.7. The van der Waals surface area contributed by atoms with Crippen LogP contribution in [0.15, 0.2) is 0 Å². The summed E-state index contributed by atoms with van der Waals surface area (Å²) in [5.41, 5.74) is 0. The zero-order valence-corrected chi connectivity index (χ0v) is 8.84. The summed E-state index contributed by atoms with van der Waals surface area (Å²) in [6.45, 7) is 0. The Hall–Kier alpha value is 0.370. The van der Waals surface area contributed by atoms with Gasteiger partial charge in [0.15, 0.2) is 0 Å². The molecule has 0 saturated heterocycles. The van der Waals surface area contributed by atoms with E-state index in [1.165, 1.54) is 0 Å². The molecule has 0 aromatic heterocycles. The van der Waals surface area contributed by atoms with E-state index in [0.29, 0.717) is 0 Å². The Morgan fingerprint density at radius 1 is 0.857 bits per heavy atom. The normalized spacial score (nSPS) is 21.2. The van der Waals surface area contributed by atoms with E-state index in [1.807, 2.05) is 0 Å². The van der Waals surface area contributed by atoms with Crippen LogP contribution in [0.25, 0.3) is 0 Å². The maximum Gasteiger partial charge on any atom is 0.497 e. The van der Waals surface area contributed by atoms with E-state index in [1.54, 1.807) is 0 Å². The van der Waals surface area contributed by atoms with Crippen LogP contribution >= 0.6 is 23.5 Å². The van der Waals surface area contributed by atoms with Crippen LogP contribution in [0, 0.1) is 0 Å². The minimum atomic E-state index is -5.43. The van der Waals surface area contributed by atoms with Gasteiger partial charge in [0.05, 0.1) is 0 Å². The number of nitrogens with two attached hydrogens (primary N) is 1. The second-order valence-corrected chi connectivity index (χ2v) is 6.07. The van der Waals surface area contributed by atoms with E-state index in [-0.39, 0.29) is 0 Å². The third-order valence-corrected chi connectivity index (χ3v) is 4.14. The number of hydrogen-bond acceptors (Lipinski definition) is 7. The summed E-state index contributed by atoms with van der Waals surface area (Å²) in [4.78, 5) is 33.0. The van der Waals surface area contributed by atoms with Gasteiger partial charge in [-0.05, 0) is 0 Å². The van der Waals surface area contributed by atoms with Crippen molar-refractivity contribution in [3.05, 3.63) is 0 Å². The number of rotatable bonds is 5. The van der Waals surface area contributed by atoms with E-state index < -0.39 is 23.5 Å². The fourth-order valence-corrected chi connectivity index (χ4v) is 2.96. The molecule has 14 heavy (non-hydrogen) atoms. The largest absolute Gasteiger partial charge is 0.497 e. The summed E-state index contributed by atoms with van der Waals surface area (Å²) in [6, 6.07) is 0. The predicted molar refractivity (Wildman–Crippen MR) is 39.1 cm³/mol. The first-order chi connectivity index (χ1) is 5.97. The maximum atomic E-state index is 10.6. The Morgan fingerprint density at radius 2 is 1.29 bits per heavy atom. The fraction of sp³-hybridized carbons (Fsp3) is 0. The maximum absolute atomic E-state index is 10.6. The second-order valence-electron chi connectivity index (χ2n) is 1.70. The van der Waals surface area contributed by atoms with E-state index in [4.69, 9.17) is 19.6 Å². The molecule has 0 aromatic carbocycles. The molecule has 0 rings (SSSR count). The first-order valence-electron chi connectivity index (χ1n) is 2.50. The van der Waals surface area contributed by atoms with Crippen LogP contribution in [0.1, 0.15) is 0 Å². The monoisotopic (exact) mass is 273 g/mol. The molecule has 0 saturated carbocycles. The van der Waals surface area contributed by atoms with Crippen molar-refractivity contribution in [2.24, 2.45) is 5.90 Å². The lowest BCUT2D eigenvalue weighted by molar-refractivity contribution is 0.174. The van der Waals surface area contributed by atoms with Gasteiger partial charge in [-0.15, -0.1) is 0 Å². The Bertz CT molecular complexity index is 324. The van der Waals surface area contributed by atoms with Crippen molar-refractivity contribution in [3.63, 3.8) is 0 Å². The predicted octanol–water partition coefficient (Wildman–Crippen LogP) is -0.797. The zero-order chi connectivity index (χ0) is 11.6. The molecule has 0 aliphatic rings. The van der Waals surface area contributed by atoms with E-state index in [2.05, 4.69) is 19.1 Å². The van der Waals surface area contributed by atoms with Gasteiger partial charge >= 0.3 is 23.5 Å². The second kappa shape index (κ2) is 4.48. The van der Waals surface area contributed by atoms with Crippen molar-refractivity contribution in [2.45, 2.75) is 0 Å². The molecule has 0 aliphatic carbocycles. The molecule has 0 aromatic rings. The van der Waals surface area contributed by atoms with Crippen LogP contribution in [0.3, 0.4) is 0 Å². The topological polar surface area (TPSA) is 186 Å². The SMILES string of the molecule is NOP(=O)(O)OP(=O)(O)OP(=O)(O)O. The summed E-state index contributed by atoms with van der Waals surface area (Å²) >= 11 is 0. The van der Waals surface area contributed by atoms with Crippen LogP contribution in [-0.2, 0) is 26.9 Å². The Labute approximate surface area is 76.8 Å². The standard InChI is InChI=1S/H6NO10P3/c1-9-13(5,6)11-14(7,8)10-12(2,3)4/h1H2,(H,5,6)(H,7,8)(H2,2,3,4). The van der Waals surface area contributed by atoms with Crippen LogP contribution in [0.2, 0.25) is 0 Å². The smallest absolute Gasteiger partial charge is 0.302 e. The van der Waals surface area contributed by atoms with Gasteiger partial charge in [0.25, 0.3) is 0 Å². The lowest BCUT2D eigenvalue weighted by Crippen LogP contribution is -2.00. The van der Waals surface area contributed by atoms with Crippen molar-refractivity contribution < 1.29 is 46.5 Å². The molecule has 2 atom stereocenters. The van der Waals surface area contributed by atoms with Gasteiger partial charge in [-0.3, -0.25) is 0 Å². The average molecular weight is 273 g/mol. The molecule has 0 spiro atoms. The van der Waals surface area contributed by atoms with Crippen molar-refractivity contribution >= 4 is 23.5 Å². The molecule has 0 fully saturated rings. The van der Waals surface area contributed by atoms with Gasteiger partial charge in [-0.2, -0.15) is 8.62 Å². The molecule has 2 unspecified atom stereocenters. The molecular weight excluding hydrogens is 267 g/mol. The minimum absolute atomic E-state index is 3.15. The molecular formula is H6NO10P3. The van der Waals surface area contributed by atoms with Gasteiger partial charge in [0, 0.05) is 0 Å². The minimum Gasteiger partial charge on any atom is -0.302 e. The van der Waals surface area contributed by atoms with Gasteiger partial charge in [0.1, 0.15) is 0 Å². The number of hydrogen-bond donors (Lipinski definition) is 5. The summed E-state index contributed by atoms with van der Waals surface area (Å²) in [6.07, 6.45) is 0. The highest BCUT2D eigenvalue weighted by atomic mass is 31.3. The lowest BCUT2D eigenvalue weighted by atomic mass is 13.6. The zero-order valence-electron chi connectivity index (χ0n) is 6.16. The molecule has 6 N–H and O–H groups in total. The average Bonchev–Trinajstić information content (AvgIpc) is 1.78. The summed E-state index contributed by atoms with van der Waals surface area (Å²) in [7, 11) is -15.9. The molecule has 14 heteroatoms. The first kappa shape index (κ1) is 14.4. The van der Waals surface area contributed by atoms with E-state index >= 15 is 0 Å². The van der Waals surface area contributed by atoms with Crippen LogP contribution in [0.4, 0.5) is 0 Å². The van der Waals surface area contributed by atoms with Crippen molar-refractivity contribution in [1.29, 1.82) is 0 Å². The third-order valence-electron chi connectivity index (χ3n) is 0.549. The lowest BCUT2D eigenvalue weighted by Gasteiger charge is -2.13. The van der Waals surface area contributed by atoms with Crippen molar-refractivity contribution in [1.82, 2.24) is 0 Å². The highest BCUT2D eigenvalue weighted by Crippen LogP contribution is 2.65. The molecule has 0 amide bonds. The molecule has 11 nitrogen and oxygen atoms in total. The van der Waals surface area contributed by atoms with E-state index in [9.17, 15) is 13.7 Å². The van der Waals surface area contributed by atoms with Crippen LogP contribution < -0.4 is 5.90 Å². The molecule has 0 aliphatic heterocycles. The van der Waals surface area contributed by atoms with Gasteiger partial charge in [-0.1, -0.05) is 0 Å².